The molecule has 0 aromatic carbocycles. The van der Waals surface area contributed by atoms with Gasteiger partial charge >= 0.3 is 6.03 Å². The molecule has 23 heavy (non-hydrogen) atoms. The van der Waals surface area contributed by atoms with E-state index in [0.29, 0.717) is 6.04 Å². The normalized spacial score (nSPS) is 20.7. The van der Waals surface area contributed by atoms with Crippen LogP contribution in [0.4, 0.5) is 4.79 Å². The van der Waals surface area contributed by atoms with Crippen molar-refractivity contribution in [2.45, 2.75) is 51.6 Å². The third-order valence-electron chi connectivity index (χ3n) is 5.14. The van der Waals surface area contributed by atoms with Crippen LogP contribution in [0.1, 0.15) is 43.8 Å². The van der Waals surface area contributed by atoms with Gasteiger partial charge in [-0.05, 0) is 19.8 Å². The lowest BCUT2D eigenvalue weighted by atomic mass is 9.96. The summed E-state index contributed by atoms with van der Waals surface area (Å²) in [7, 11) is 2.00. The van der Waals surface area contributed by atoms with Gasteiger partial charge in [-0.25, -0.2) is 4.79 Å². The summed E-state index contributed by atoms with van der Waals surface area (Å²) in [6.45, 7) is 6.12. The Morgan fingerprint density at radius 3 is 2.43 bits per heavy atom. The highest BCUT2D eigenvalue weighted by Crippen LogP contribution is 2.18. The topological polar surface area (TPSA) is 66.3 Å². The third-order valence-corrected chi connectivity index (χ3v) is 5.14. The quantitative estimate of drug-likeness (QED) is 0.911. The van der Waals surface area contributed by atoms with Crippen molar-refractivity contribution in [1.29, 1.82) is 0 Å². The molecule has 0 unspecified atom stereocenters. The molecule has 1 aliphatic heterocycles. The Morgan fingerprint density at radius 1 is 1.13 bits per heavy atom. The molecule has 2 fully saturated rings. The average Bonchev–Trinajstić information content (AvgIpc) is 2.88. The van der Waals surface area contributed by atoms with Crippen molar-refractivity contribution in [3.63, 3.8) is 0 Å². The smallest absolute Gasteiger partial charge is 0.317 e. The predicted molar refractivity (Wildman–Crippen MR) is 88.0 cm³/mol. The number of rotatable bonds is 3. The molecular weight excluding hydrogens is 292 g/mol. The first-order valence-electron chi connectivity index (χ1n) is 8.76. The summed E-state index contributed by atoms with van der Waals surface area (Å²) < 4.78 is 2.03. The van der Waals surface area contributed by atoms with E-state index in [9.17, 15) is 4.79 Å². The number of aromatic nitrogens is 3. The number of aryl methyl sites for hydroxylation is 1. The number of urea groups is 1. The van der Waals surface area contributed by atoms with Crippen molar-refractivity contribution in [3.05, 3.63) is 11.6 Å². The summed E-state index contributed by atoms with van der Waals surface area (Å²) in [5.74, 6) is 1.92. The standard InChI is InChI=1S/C16H28N6O/c1-13-18-19-15(20(13)2)12-21-8-10-22(11-9-21)16(23)17-14-6-4-3-5-7-14/h14H,3-12H2,1-2H3,(H,17,23). The summed E-state index contributed by atoms with van der Waals surface area (Å²) in [5, 5.41) is 11.5. The van der Waals surface area contributed by atoms with Crippen molar-refractivity contribution < 1.29 is 4.79 Å². The lowest BCUT2D eigenvalue weighted by Gasteiger charge is -2.35. The van der Waals surface area contributed by atoms with Gasteiger partial charge in [0.1, 0.15) is 11.6 Å². The minimum atomic E-state index is 0.117. The van der Waals surface area contributed by atoms with E-state index in [2.05, 4.69) is 20.4 Å². The van der Waals surface area contributed by atoms with Crippen molar-refractivity contribution >= 4 is 6.03 Å². The second kappa shape index (κ2) is 7.29. The number of carbonyl (C=O) groups excluding carboxylic acids is 1. The number of amides is 2. The monoisotopic (exact) mass is 320 g/mol. The Labute approximate surface area is 138 Å². The number of hydrogen-bond donors (Lipinski definition) is 1. The molecule has 2 heterocycles. The van der Waals surface area contributed by atoms with Crippen LogP contribution in [-0.4, -0.2) is 62.8 Å². The molecule has 1 aliphatic carbocycles. The zero-order chi connectivity index (χ0) is 16.2. The molecular formula is C16H28N6O. The number of piperazine rings is 1. The number of nitrogens with one attached hydrogen (secondary N) is 1. The Kier molecular flexibility index (Phi) is 5.15. The van der Waals surface area contributed by atoms with Gasteiger partial charge in [0.25, 0.3) is 0 Å². The SMILES string of the molecule is Cc1nnc(CN2CCN(C(=O)NC3CCCCC3)CC2)n1C. The van der Waals surface area contributed by atoms with Gasteiger partial charge in [0.05, 0.1) is 6.54 Å². The van der Waals surface area contributed by atoms with E-state index in [1.165, 1.54) is 19.3 Å². The first-order valence-corrected chi connectivity index (χ1v) is 8.76. The van der Waals surface area contributed by atoms with Crippen molar-refractivity contribution in [2.24, 2.45) is 7.05 Å². The van der Waals surface area contributed by atoms with Crippen LogP contribution in [0.2, 0.25) is 0 Å². The zero-order valence-electron chi connectivity index (χ0n) is 14.3. The Morgan fingerprint density at radius 2 is 1.83 bits per heavy atom. The largest absolute Gasteiger partial charge is 0.335 e. The molecule has 0 atom stereocenters. The molecule has 0 spiro atoms. The van der Waals surface area contributed by atoms with Gasteiger partial charge in [-0.2, -0.15) is 0 Å². The minimum absolute atomic E-state index is 0.117. The Balaban J connectivity index is 1.44. The van der Waals surface area contributed by atoms with Crippen LogP contribution in [0, 0.1) is 6.92 Å². The molecule has 1 N–H and O–H groups in total. The van der Waals surface area contributed by atoms with Crippen molar-refractivity contribution in [3.8, 4) is 0 Å². The Bertz CT molecular complexity index is 529. The maximum Gasteiger partial charge on any atom is 0.317 e. The summed E-state index contributed by atoms with van der Waals surface area (Å²) in [4.78, 5) is 16.7. The van der Waals surface area contributed by atoms with Crippen LogP contribution < -0.4 is 5.32 Å². The minimum Gasteiger partial charge on any atom is -0.335 e. The Hall–Kier alpha value is -1.63. The fourth-order valence-corrected chi connectivity index (χ4v) is 3.41. The van der Waals surface area contributed by atoms with E-state index in [0.717, 1.165) is 57.2 Å². The van der Waals surface area contributed by atoms with Crippen LogP contribution in [0.5, 0.6) is 0 Å². The van der Waals surface area contributed by atoms with Gasteiger partial charge in [0, 0.05) is 39.3 Å². The van der Waals surface area contributed by atoms with Crippen LogP contribution in [-0.2, 0) is 13.6 Å². The van der Waals surface area contributed by atoms with Crippen LogP contribution in [0.15, 0.2) is 0 Å². The van der Waals surface area contributed by atoms with Crippen LogP contribution in [0.25, 0.3) is 0 Å². The molecule has 3 rings (SSSR count). The van der Waals surface area contributed by atoms with E-state index >= 15 is 0 Å². The molecule has 0 bridgehead atoms. The van der Waals surface area contributed by atoms with E-state index < -0.39 is 0 Å². The fraction of sp³-hybridized carbons (Fsp3) is 0.812. The first-order chi connectivity index (χ1) is 11.1. The first kappa shape index (κ1) is 16.2. The van der Waals surface area contributed by atoms with E-state index in [4.69, 9.17) is 0 Å². The van der Waals surface area contributed by atoms with Gasteiger partial charge in [-0.1, -0.05) is 19.3 Å². The second-order valence-electron chi connectivity index (χ2n) is 6.77. The van der Waals surface area contributed by atoms with Gasteiger partial charge in [0.15, 0.2) is 0 Å². The number of nitrogens with zero attached hydrogens (tertiary/aromatic N) is 5. The van der Waals surface area contributed by atoms with Gasteiger partial charge in [-0.15, -0.1) is 10.2 Å². The predicted octanol–water partition coefficient (Wildman–Crippen LogP) is 1.28. The lowest BCUT2D eigenvalue weighted by molar-refractivity contribution is 0.129. The van der Waals surface area contributed by atoms with E-state index in [1.54, 1.807) is 0 Å². The summed E-state index contributed by atoms with van der Waals surface area (Å²) >= 11 is 0. The number of hydrogen-bond acceptors (Lipinski definition) is 4. The average molecular weight is 320 g/mol. The molecule has 7 nitrogen and oxygen atoms in total. The second-order valence-corrected chi connectivity index (χ2v) is 6.77. The van der Waals surface area contributed by atoms with Gasteiger partial charge < -0.3 is 14.8 Å². The lowest BCUT2D eigenvalue weighted by Crippen LogP contribution is -2.53. The van der Waals surface area contributed by atoms with E-state index in [1.807, 2.05) is 23.4 Å². The highest BCUT2D eigenvalue weighted by atomic mass is 16.2. The maximum absolute atomic E-state index is 12.4. The zero-order valence-corrected chi connectivity index (χ0v) is 14.3. The number of carbonyl (C=O) groups is 1. The molecule has 2 aliphatic rings. The third kappa shape index (κ3) is 4.02. The maximum atomic E-state index is 12.4. The molecule has 0 radical (unpaired) electrons. The fourth-order valence-electron chi connectivity index (χ4n) is 3.41. The van der Waals surface area contributed by atoms with Crippen LogP contribution in [0.3, 0.4) is 0 Å². The molecule has 2 amide bonds. The van der Waals surface area contributed by atoms with Crippen LogP contribution >= 0.6 is 0 Å². The molecule has 7 heteroatoms. The summed E-state index contributed by atoms with van der Waals surface area (Å²) in [6.07, 6.45) is 6.08. The molecule has 1 aromatic heterocycles. The van der Waals surface area contributed by atoms with Gasteiger partial charge in [-0.3, -0.25) is 4.90 Å². The van der Waals surface area contributed by atoms with Crippen molar-refractivity contribution in [1.82, 2.24) is 29.9 Å². The van der Waals surface area contributed by atoms with Gasteiger partial charge in [0.2, 0.25) is 0 Å². The molecule has 128 valence electrons. The van der Waals surface area contributed by atoms with Crippen molar-refractivity contribution in [2.75, 3.05) is 26.2 Å². The summed E-state index contributed by atoms with van der Waals surface area (Å²) in [5.41, 5.74) is 0. The molecule has 1 saturated carbocycles. The highest BCUT2D eigenvalue weighted by molar-refractivity contribution is 5.74. The summed E-state index contributed by atoms with van der Waals surface area (Å²) in [6, 6.07) is 0.502. The molecule has 1 aromatic rings. The molecule has 1 saturated heterocycles. The highest BCUT2D eigenvalue weighted by Gasteiger charge is 2.24. The van der Waals surface area contributed by atoms with E-state index in [-0.39, 0.29) is 6.03 Å².